The van der Waals surface area contributed by atoms with Gasteiger partial charge in [0.25, 0.3) is 5.69 Å². The second-order valence-electron chi connectivity index (χ2n) is 5.89. The molecule has 2 aromatic carbocycles. The van der Waals surface area contributed by atoms with E-state index in [1.165, 1.54) is 0 Å². The first-order valence-corrected chi connectivity index (χ1v) is 10.2. The fourth-order valence-corrected chi connectivity index (χ4v) is 3.70. The highest BCUT2D eigenvalue weighted by Gasteiger charge is 2.24. The SMILES string of the molecule is CS(=O)(=O)c1ccc(C(=O)OCc2cc(Cl)c3c(c2)OCCO3)cc1[N+](=O)[O-]. The predicted molar refractivity (Wildman–Crippen MR) is 97.8 cm³/mol. The number of nitrogens with zero attached hydrogens (tertiary/aromatic N) is 1. The maximum Gasteiger partial charge on any atom is 0.338 e. The van der Waals surface area contributed by atoms with Gasteiger partial charge >= 0.3 is 5.97 Å². The third-order valence-electron chi connectivity index (χ3n) is 3.82. The Labute approximate surface area is 164 Å². The van der Waals surface area contributed by atoms with Crippen molar-refractivity contribution in [2.45, 2.75) is 11.5 Å². The molecule has 0 bridgehead atoms. The number of halogens is 1. The molecule has 0 N–H and O–H groups in total. The monoisotopic (exact) mass is 427 g/mol. The lowest BCUT2D eigenvalue weighted by molar-refractivity contribution is -0.387. The third kappa shape index (κ3) is 4.18. The van der Waals surface area contributed by atoms with E-state index in [4.69, 9.17) is 25.8 Å². The van der Waals surface area contributed by atoms with Crippen LogP contribution in [0.5, 0.6) is 11.5 Å². The first-order chi connectivity index (χ1) is 13.2. The van der Waals surface area contributed by atoms with E-state index >= 15 is 0 Å². The summed E-state index contributed by atoms with van der Waals surface area (Å²) < 4.78 is 39.3. The van der Waals surface area contributed by atoms with Gasteiger partial charge in [-0.1, -0.05) is 11.6 Å². The molecule has 9 nitrogen and oxygen atoms in total. The molecule has 1 heterocycles. The summed E-state index contributed by atoms with van der Waals surface area (Å²) in [7, 11) is -3.82. The average Bonchev–Trinajstić information content (AvgIpc) is 2.65. The molecule has 0 spiro atoms. The van der Waals surface area contributed by atoms with Gasteiger partial charge in [0.1, 0.15) is 24.7 Å². The molecule has 1 aliphatic rings. The summed E-state index contributed by atoms with van der Waals surface area (Å²) in [5.74, 6) is -0.0120. The molecule has 0 aliphatic carbocycles. The lowest BCUT2D eigenvalue weighted by Crippen LogP contribution is -2.16. The number of nitro benzene ring substituents is 1. The van der Waals surface area contributed by atoms with E-state index in [9.17, 15) is 23.3 Å². The van der Waals surface area contributed by atoms with Gasteiger partial charge < -0.3 is 14.2 Å². The summed E-state index contributed by atoms with van der Waals surface area (Å²) in [4.78, 5) is 22.0. The zero-order chi connectivity index (χ0) is 20.5. The Kier molecular flexibility index (Phi) is 5.43. The summed E-state index contributed by atoms with van der Waals surface area (Å²) in [5.41, 5.74) is -0.313. The van der Waals surface area contributed by atoms with Crippen molar-refractivity contribution in [2.24, 2.45) is 0 Å². The van der Waals surface area contributed by atoms with Crippen LogP contribution < -0.4 is 9.47 Å². The van der Waals surface area contributed by atoms with Crippen LogP contribution in [0.1, 0.15) is 15.9 Å². The van der Waals surface area contributed by atoms with Crippen molar-refractivity contribution in [3.8, 4) is 11.5 Å². The van der Waals surface area contributed by atoms with E-state index in [2.05, 4.69) is 0 Å². The Morgan fingerprint density at radius 3 is 2.64 bits per heavy atom. The molecule has 3 rings (SSSR count). The molecule has 0 saturated carbocycles. The van der Waals surface area contributed by atoms with Gasteiger partial charge in [-0.2, -0.15) is 0 Å². The lowest BCUT2D eigenvalue weighted by Gasteiger charge is -2.20. The Hall–Kier alpha value is -2.85. The summed E-state index contributed by atoms with van der Waals surface area (Å²) >= 11 is 6.12. The number of rotatable bonds is 5. The molecular formula is C17H14ClNO8S. The zero-order valence-electron chi connectivity index (χ0n) is 14.5. The molecular weight excluding hydrogens is 414 g/mol. The van der Waals surface area contributed by atoms with Crippen LogP contribution in [0, 0.1) is 10.1 Å². The van der Waals surface area contributed by atoms with Crippen LogP contribution in [-0.2, 0) is 21.2 Å². The van der Waals surface area contributed by atoms with Crippen LogP contribution in [0.25, 0.3) is 0 Å². The molecule has 0 atom stereocenters. The number of sulfone groups is 1. The molecule has 0 fully saturated rings. The number of carbonyl (C=O) groups is 1. The second kappa shape index (κ2) is 7.64. The standard InChI is InChI=1S/C17H14ClNO8S/c1-28(23,24)15-3-2-11(8-13(15)19(21)22)17(20)27-9-10-6-12(18)16-14(7-10)25-4-5-26-16/h2-3,6-8H,4-5,9H2,1H3. The molecule has 28 heavy (non-hydrogen) atoms. The maximum absolute atomic E-state index is 12.2. The topological polar surface area (TPSA) is 122 Å². The number of fused-ring (bicyclic) bond motifs is 1. The normalized spacial score (nSPS) is 13.1. The predicted octanol–water partition coefficient (Wildman–Crippen LogP) is 2.78. The van der Waals surface area contributed by atoms with E-state index in [1.54, 1.807) is 12.1 Å². The molecule has 11 heteroatoms. The zero-order valence-corrected chi connectivity index (χ0v) is 16.1. The number of carbonyl (C=O) groups excluding carboxylic acids is 1. The van der Waals surface area contributed by atoms with Crippen LogP contribution in [0.3, 0.4) is 0 Å². The van der Waals surface area contributed by atoms with Gasteiger partial charge in [0.2, 0.25) is 0 Å². The molecule has 2 aromatic rings. The smallest absolute Gasteiger partial charge is 0.338 e. The first kappa shape index (κ1) is 19.9. The Morgan fingerprint density at radius 2 is 1.96 bits per heavy atom. The van der Waals surface area contributed by atoms with Crippen LogP contribution in [-0.4, -0.2) is 38.8 Å². The summed E-state index contributed by atoms with van der Waals surface area (Å²) in [6, 6.07) is 6.20. The van der Waals surface area contributed by atoms with Crippen molar-refractivity contribution in [1.29, 1.82) is 0 Å². The summed E-state index contributed by atoms with van der Waals surface area (Å²) in [5, 5.41) is 11.4. The number of hydrogen-bond donors (Lipinski definition) is 0. The molecule has 0 amide bonds. The van der Waals surface area contributed by atoms with Crippen LogP contribution in [0.2, 0.25) is 5.02 Å². The van der Waals surface area contributed by atoms with Crippen molar-refractivity contribution >= 4 is 33.1 Å². The van der Waals surface area contributed by atoms with Crippen molar-refractivity contribution in [1.82, 2.24) is 0 Å². The van der Waals surface area contributed by atoms with Gasteiger partial charge in [-0.25, -0.2) is 13.2 Å². The van der Waals surface area contributed by atoms with Gasteiger partial charge in [0.15, 0.2) is 21.3 Å². The van der Waals surface area contributed by atoms with Crippen molar-refractivity contribution in [2.75, 3.05) is 19.5 Å². The fourth-order valence-electron chi connectivity index (χ4n) is 2.58. The van der Waals surface area contributed by atoms with E-state index < -0.39 is 31.3 Å². The van der Waals surface area contributed by atoms with Gasteiger partial charge in [-0.15, -0.1) is 0 Å². The first-order valence-electron chi connectivity index (χ1n) is 7.90. The lowest BCUT2D eigenvalue weighted by atomic mass is 10.2. The van der Waals surface area contributed by atoms with E-state index in [0.717, 1.165) is 24.5 Å². The summed E-state index contributed by atoms with van der Waals surface area (Å²) in [6.45, 7) is 0.572. The molecule has 0 saturated heterocycles. The van der Waals surface area contributed by atoms with Gasteiger partial charge in [0.05, 0.1) is 15.5 Å². The van der Waals surface area contributed by atoms with E-state index in [1.807, 2.05) is 0 Å². The van der Waals surface area contributed by atoms with Crippen molar-refractivity contribution < 1.29 is 32.3 Å². The maximum atomic E-state index is 12.2. The van der Waals surface area contributed by atoms with E-state index in [0.29, 0.717) is 35.3 Å². The number of benzene rings is 2. The summed E-state index contributed by atoms with van der Waals surface area (Å²) in [6.07, 6.45) is 0.846. The highest BCUT2D eigenvalue weighted by atomic mass is 35.5. The molecule has 1 aliphatic heterocycles. The quantitative estimate of drug-likeness (QED) is 0.405. The van der Waals surface area contributed by atoms with Crippen LogP contribution >= 0.6 is 11.6 Å². The highest BCUT2D eigenvalue weighted by Crippen LogP contribution is 2.38. The van der Waals surface area contributed by atoms with Gasteiger partial charge in [0, 0.05) is 12.3 Å². The molecule has 148 valence electrons. The number of hydrogen-bond acceptors (Lipinski definition) is 8. The van der Waals surface area contributed by atoms with Gasteiger partial charge in [-0.05, 0) is 29.8 Å². The third-order valence-corrected chi connectivity index (χ3v) is 5.24. The fraction of sp³-hybridized carbons (Fsp3) is 0.235. The van der Waals surface area contributed by atoms with Crippen molar-refractivity contribution in [3.63, 3.8) is 0 Å². The Bertz CT molecular complexity index is 1070. The highest BCUT2D eigenvalue weighted by molar-refractivity contribution is 7.90. The number of nitro groups is 1. The molecule has 0 unspecified atom stereocenters. The minimum Gasteiger partial charge on any atom is -0.486 e. The van der Waals surface area contributed by atoms with Crippen LogP contribution in [0.15, 0.2) is 35.2 Å². The minimum absolute atomic E-state index is 0.150. The Balaban J connectivity index is 1.79. The number of esters is 1. The minimum atomic E-state index is -3.82. The average molecular weight is 428 g/mol. The second-order valence-corrected chi connectivity index (χ2v) is 8.28. The largest absolute Gasteiger partial charge is 0.486 e. The van der Waals surface area contributed by atoms with Crippen LogP contribution in [0.4, 0.5) is 5.69 Å². The number of ether oxygens (including phenoxy) is 3. The molecule has 0 aromatic heterocycles. The Morgan fingerprint density at radius 1 is 1.25 bits per heavy atom. The van der Waals surface area contributed by atoms with Crippen molar-refractivity contribution in [3.05, 3.63) is 56.6 Å². The van der Waals surface area contributed by atoms with E-state index in [-0.39, 0.29) is 12.2 Å². The van der Waals surface area contributed by atoms with Gasteiger partial charge in [-0.3, -0.25) is 10.1 Å². The molecule has 0 radical (unpaired) electrons.